The minimum atomic E-state index is -1.14. The van der Waals surface area contributed by atoms with Crippen molar-refractivity contribution >= 4 is 29.4 Å². The second-order valence-electron chi connectivity index (χ2n) is 10.2. The van der Waals surface area contributed by atoms with E-state index in [4.69, 9.17) is 16.3 Å². The Morgan fingerprint density at radius 3 is 2.76 bits per heavy atom. The number of carbonyl (C=O) groups is 2. The summed E-state index contributed by atoms with van der Waals surface area (Å²) in [7, 11) is 2.09. The number of likely N-dealkylation sites (N-methyl/N-ethyl adjacent to an activating group) is 1. The van der Waals surface area contributed by atoms with Crippen LogP contribution in [0.1, 0.15) is 42.9 Å². The number of phenols is 1. The van der Waals surface area contributed by atoms with E-state index >= 15 is 0 Å². The summed E-state index contributed by atoms with van der Waals surface area (Å²) in [4.78, 5) is 29.2. The zero-order valence-electron chi connectivity index (χ0n) is 19.2. The highest BCUT2D eigenvalue weighted by Gasteiger charge is 2.78. The Bertz CT molecular complexity index is 1260. The first kappa shape index (κ1) is 21.7. The number of ketones is 1. The van der Waals surface area contributed by atoms with Crippen LogP contribution in [0.5, 0.6) is 11.5 Å². The minimum Gasteiger partial charge on any atom is -0.504 e. The highest BCUT2D eigenvalue weighted by Crippen LogP contribution is 2.68. The van der Waals surface area contributed by atoms with Crippen LogP contribution >= 0.6 is 11.6 Å². The first-order valence-electron chi connectivity index (χ1n) is 11.8. The molecule has 2 bridgehead atoms. The van der Waals surface area contributed by atoms with Gasteiger partial charge in [0.05, 0.1) is 11.0 Å². The van der Waals surface area contributed by atoms with Crippen LogP contribution in [0.2, 0.25) is 5.02 Å². The van der Waals surface area contributed by atoms with Gasteiger partial charge in [0.1, 0.15) is 0 Å². The molecule has 1 spiro atoms. The number of nitrogens with zero attached hydrogens (tertiary/aromatic N) is 1. The lowest BCUT2D eigenvalue weighted by molar-refractivity contribution is -0.163. The van der Waals surface area contributed by atoms with Gasteiger partial charge in [-0.2, -0.15) is 0 Å². The van der Waals surface area contributed by atoms with Crippen molar-refractivity contribution in [2.24, 2.45) is 0 Å². The summed E-state index contributed by atoms with van der Waals surface area (Å²) in [6, 6.07) is 10.9. The van der Waals surface area contributed by atoms with Gasteiger partial charge in [-0.25, -0.2) is 0 Å². The Morgan fingerprint density at radius 1 is 1.24 bits per heavy atom. The molecule has 6 rings (SSSR count). The maximum absolute atomic E-state index is 13.4. The molecule has 0 aromatic heterocycles. The Labute approximate surface area is 203 Å². The molecular formula is C27H27ClN2O4. The molecule has 2 aliphatic heterocycles. The van der Waals surface area contributed by atoms with E-state index in [1.165, 1.54) is 0 Å². The summed E-state index contributed by atoms with van der Waals surface area (Å²) in [5, 5.41) is 14.7. The SMILES string of the molecule is CN1CC[C@]23c4c5ccc(O)c4O[C@@]2(C)C(=O)CC[C@@]3(NC(=O)/C=C/c2ccc(Cl)cc2)[C@H]1C5. The van der Waals surface area contributed by atoms with E-state index in [1.807, 2.05) is 25.1 Å². The van der Waals surface area contributed by atoms with E-state index in [1.54, 1.807) is 30.4 Å². The van der Waals surface area contributed by atoms with Crippen molar-refractivity contribution < 1.29 is 19.4 Å². The van der Waals surface area contributed by atoms with E-state index in [0.717, 1.165) is 29.7 Å². The molecule has 0 unspecified atom stereocenters. The number of hydrogen-bond acceptors (Lipinski definition) is 5. The van der Waals surface area contributed by atoms with Gasteiger partial charge in [-0.15, -0.1) is 0 Å². The van der Waals surface area contributed by atoms with Gasteiger partial charge in [0.2, 0.25) is 5.91 Å². The highest BCUT2D eigenvalue weighted by molar-refractivity contribution is 6.30. The number of nitrogens with one attached hydrogen (secondary N) is 1. The van der Waals surface area contributed by atoms with Crippen LogP contribution in [0.25, 0.3) is 6.08 Å². The largest absolute Gasteiger partial charge is 0.504 e. The number of likely N-dealkylation sites (tertiary alicyclic amines) is 1. The van der Waals surface area contributed by atoms with Crippen LogP contribution in [0.4, 0.5) is 0 Å². The molecule has 2 aromatic carbocycles. The predicted molar refractivity (Wildman–Crippen MR) is 129 cm³/mol. The monoisotopic (exact) mass is 478 g/mol. The molecule has 0 radical (unpaired) electrons. The van der Waals surface area contributed by atoms with Crippen molar-refractivity contribution in [2.45, 2.75) is 55.2 Å². The molecule has 34 heavy (non-hydrogen) atoms. The van der Waals surface area contributed by atoms with Crippen LogP contribution in [0.15, 0.2) is 42.5 Å². The van der Waals surface area contributed by atoms with E-state index < -0.39 is 16.6 Å². The van der Waals surface area contributed by atoms with Crippen LogP contribution in [0.3, 0.4) is 0 Å². The molecule has 4 aliphatic rings. The Balaban J connectivity index is 1.49. The maximum Gasteiger partial charge on any atom is 0.244 e. The lowest BCUT2D eigenvalue weighted by Gasteiger charge is -2.66. The van der Waals surface area contributed by atoms with E-state index in [2.05, 4.69) is 17.3 Å². The lowest BCUT2D eigenvalue weighted by atomic mass is 9.43. The van der Waals surface area contributed by atoms with E-state index in [-0.39, 0.29) is 23.5 Å². The van der Waals surface area contributed by atoms with Crippen LogP contribution in [-0.2, 0) is 21.4 Å². The fourth-order valence-electron chi connectivity index (χ4n) is 7.30. The van der Waals surface area contributed by atoms with Gasteiger partial charge in [0, 0.05) is 29.1 Å². The van der Waals surface area contributed by atoms with Gasteiger partial charge in [-0.05, 0) is 75.2 Å². The number of halogens is 1. The fraction of sp³-hybridized carbons (Fsp3) is 0.407. The third kappa shape index (κ3) is 2.56. The number of rotatable bonds is 3. The third-order valence-corrected chi connectivity index (χ3v) is 9.06. The van der Waals surface area contributed by atoms with Gasteiger partial charge in [-0.3, -0.25) is 9.59 Å². The van der Waals surface area contributed by atoms with Crippen LogP contribution < -0.4 is 10.1 Å². The summed E-state index contributed by atoms with van der Waals surface area (Å²) in [6.07, 6.45) is 5.55. The summed E-state index contributed by atoms with van der Waals surface area (Å²) < 4.78 is 6.39. The number of Topliss-reactive ketones (excluding diaryl/α,β-unsaturated/α-hetero) is 1. The highest BCUT2D eigenvalue weighted by atomic mass is 35.5. The van der Waals surface area contributed by atoms with Crippen molar-refractivity contribution in [3.63, 3.8) is 0 Å². The second-order valence-corrected chi connectivity index (χ2v) is 10.6. The topological polar surface area (TPSA) is 78.9 Å². The molecule has 2 aromatic rings. The zero-order valence-corrected chi connectivity index (χ0v) is 20.0. The molecule has 1 saturated carbocycles. The Kier molecular flexibility index (Phi) is 4.52. The molecule has 2 N–H and O–H groups in total. The van der Waals surface area contributed by atoms with Gasteiger partial charge in [0.25, 0.3) is 0 Å². The molecule has 7 heteroatoms. The second kappa shape index (κ2) is 7.09. The van der Waals surface area contributed by atoms with E-state index in [0.29, 0.717) is 30.0 Å². The predicted octanol–water partition coefficient (Wildman–Crippen LogP) is 3.63. The number of benzene rings is 2. The summed E-state index contributed by atoms with van der Waals surface area (Å²) in [6.45, 7) is 2.64. The fourth-order valence-corrected chi connectivity index (χ4v) is 7.43. The van der Waals surface area contributed by atoms with Crippen molar-refractivity contribution in [2.75, 3.05) is 13.6 Å². The normalized spacial score (nSPS) is 33.5. The van der Waals surface area contributed by atoms with Crippen molar-refractivity contribution in [3.8, 4) is 11.5 Å². The van der Waals surface area contributed by atoms with Crippen LogP contribution in [-0.4, -0.2) is 52.5 Å². The average molecular weight is 479 g/mol. The molecule has 1 amide bonds. The molecule has 2 fully saturated rings. The first-order chi connectivity index (χ1) is 16.2. The lowest BCUT2D eigenvalue weighted by Crippen LogP contribution is -2.84. The van der Waals surface area contributed by atoms with Crippen molar-refractivity contribution in [1.29, 1.82) is 0 Å². The molecule has 176 valence electrons. The summed E-state index contributed by atoms with van der Waals surface area (Å²) >= 11 is 5.98. The molecule has 6 nitrogen and oxygen atoms in total. The quantitative estimate of drug-likeness (QED) is 0.659. The number of aromatic hydroxyl groups is 1. The first-order valence-corrected chi connectivity index (χ1v) is 12.1. The molecule has 4 atom stereocenters. The molecule has 2 aliphatic carbocycles. The average Bonchev–Trinajstić information content (AvgIpc) is 3.10. The van der Waals surface area contributed by atoms with E-state index in [9.17, 15) is 14.7 Å². The van der Waals surface area contributed by atoms with Gasteiger partial charge in [-0.1, -0.05) is 29.8 Å². The smallest absolute Gasteiger partial charge is 0.244 e. The number of ether oxygens (including phenoxy) is 1. The molecule has 1 saturated heterocycles. The van der Waals surface area contributed by atoms with Gasteiger partial charge < -0.3 is 20.1 Å². The standard InChI is InChI=1S/C27H27ClN2O4/c1-25-21(32)11-12-27(29-22(33)10-5-16-3-7-18(28)8-4-16)20-15-17-6-9-19(31)24(34-25)23(17)26(25,27)13-14-30(20)2/h3-10,20,31H,11-15H2,1-2H3,(H,29,33)/b10-5+/t20-,25+,26+,27-/m1/s1. The number of piperidine rings is 1. The Hall–Kier alpha value is -2.83. The molecule has 2 heterocycles. The number of amides is 1. The third-order valence-electron chi connectivity index (χ3n) is 8.81. The van der Waals surface area contributed by atoms with Gasteiger partial charge in [0.15, 0.2) is 22.9 Å². The van der Waals surface area contributed by atoms with Crippen LogP contribution in [0, 0.1) is 0 Å². The maximum atomic E-state index is 13.4. The van der Waals surface area contributed by atoms with Crippen molar-refractivity contribution in [1.82, 2.24) is 10.2 Å². The number of hydrogen-bond donors (Lipinski definition) is 2. The number of phenolic OH excluding ortho intramolecular Hbond substituents is 1. The zero-order chi connectivity index (χ0) is 23.9. The summed E-state index contributed by atoms with van der Waals surface area (Å²) in [5.74, 6) is 0.287. The number of carbonyl (C=O) groups excluding carboxylic acids is 2. The molecular weight excluding hydrogens is 452 g/mol. The van der Waals surface area contributed by atoms with Gasteiger partial charge >= 0.3 is 0 Å². The minimum absolute atomic E-state index is 0.00755. The Morgan fingerprint density at radius 2 is 2.00 bits per heavy atom. The summed E-state index contributed by atoms with van der Waals surface area (Å²) in [5.41, 5.74) is 0.294. The van der Waals surface area contributed by atoms with Crippen molar-refractivity contribution in [3.05, 3.63) is 64.2 Å².